The molecule has 15 heavy (non-hydrogen) atoms. The van der Waals surface area contributed by atoms with E-state index in [1.807, 2.05) is 0 Å². The van der Waals surface area contributed by atoms with Crippen LogP contribution in [0.25, 0.3) is 0 Å². The Balaban J connectivity index is 2.17. The lowest BCUT2D eigenvalue weighted by Gasteiger charge is -2.24. The van der Waals surface area contributed by atoms with E-state index in [1.54, 1.807) is 7.11 Å². The molecular weight excluding hydrogens is 192 g/mol. The van der Waals surface area contributed by atoms with Crippen LogP contribution in [-0.2, 0) is 4.74 Å². The van der Waals surface area contributed by atoms with Crippen LogP contribution in [0.3, 0.4) is 0 Å². The summed E-state index contributed by atoms with van der Waals surface area (Å²) in [6.07, 6.45) is 2.29. The summed E-state index contributed by atoms with van der Waals surface area (Å²) in [6, 6.07) is 0.691. The molecular formula is C11H24N2O2. The highest BCUT2D eigenvalue weighted by atomic mass is 16.5. The Kier molecular flexibility index (Phi) is 6.17. The highest BCUT2D eigenvalue weighted by Gasteiger charge is 2.29. The zero-order valence-electron chi connectivity index (χ0n) is 9.91. The summed E-state index contributed by atoms with van der Waals surface area (Å²) in [5.74, 6) is 0. The molecule has 1 rings (SSSR count). The van der Waals surface area contributed by atoms with Gasteiger partial charge in [-0.3, -0.25) is 4.90 Å². The van der Waals surface area contributed by atoms with Gasteiger partial charge in [-0.2, -0.15) is 0 Å². The molecule has 1 saturated carbocycles. The number of nitrogens with one attached hydrogen (secondary N) is 1. The van der Waals surface area contributed by atoms with E-state index in [0.717, 1.165) is 26.2 Å². The van der Waals surface area contributed by atoms with Crippen LogP contribution in [0.5, 0.6) is 0 Å². The molecule has 4 heteroatoms. The minimum Gasteiger partial charge on any atom is -0.390 e. The Hall–Kier alpha value is -0.160. The van der Waals surface area contributed by atoms with Crippen LogP contribution in [0.4, 0.5) is 0 Å². The highest BCUT2D eigenvalue weighted by molar-refractivity contribution is 4.85. The smallest absolute Gasteiger partial charge is 0.0791 e. The predicted molar refractivity (Wildman–Crippen MR) is 61.0 cm³/mol. The molecule has 0 saturated heterocycles. The molecule has 0 aromatic carbocycles. The number of aliphatic hydroxyl groups is 1. The number of nitrogens with zero attached hydrogens (tertiary/aromatic N) is 1. The minimum atomic E-state index is -0.262. The third-order valence-corrected chi connectivity index (χ3v) is 2.72. The van der Waals surface area contributed by atoms with Crippen molar-refractivity contribution in [2.75, 3.05) is 39.9 Å². The second-order valence-corrected chi connectivity index (χ2v) is 4.18. The quantitative estimate of drug-likeness (QED) is 0.572. The number of likely N-dealkylation sites (N-methyl/N-ethyl adjacent to an activating group) is 1. The van der Waals surface area contributed by atoms with E-state index in [1.165, 1.54) is 12.8 Å². The number of rotatable bonds is 9. The lowest BCUT2D eigenvalue weighted by molar-refractivity contribution is 0.0845. The van der Waals surface area contributed by atoms with Gasteiger partial charge in [0.1, 0.15) is 0 Å². The molecule has 0 aromatic rings. The summed E-state index contributed by atoms with van der Waals surface area (Å²) in [7, 11) is 1.72. The fraction of sp³-hybridized carbons (Fsp3) is 1.00. The van der Waals surface area contributed by atoms with Crippen LogP contribution in [0.1, 0.15) is 19.8 Å². The van der Waals surface area contributed by atoms with E-state index in [4.69, 9.17) is 4.74 Å². The summed E-state index contributed by atoms with van der Waals surface area (Å²) in [5.41, 5.74) is 0. The average molecular weight is 216 g/mol. The first-order chi connectivity index (χ1) is 7.27. The highest BCUT2D eigenvalue weighted by Crippen LogP contribution is 2.26. The normalized spacial score (nSPS) is 18.4. The lowest BCUT2D eigenvalue weighted by Crippen LogP contribution is -2.40. The molecule has 1 atom stereocenters. The summed E-state index contributed by atoms with van der Waals surface area (Å²) in [4.78, 5) is 2.34. The Bertz CT molecular complexity index is 163. The van der Waals surface area contributed by atoms with E-state index in [9.17, 15) is 5.11 Å². The first kappa shape index (κ1) is 12.9. The first-order valence-electron chi connectivity index (χ1n) is 5.89. The second-order valence-electron chi connectivity index (χ2n) is 4.18. The maximum atomic E-state index is 9.78. The molecule has 1 fully saturated rings. The van der Waals surface area contributed by atoms with E-state index >= 15 is 0 Å². The molecule has 0 heterocycles. The first-order valence-corrected chi connectivity index (χ1v) is 5.89. The zero-order chi connectivity index (χ0) is 11.1. The Labute approximate surface area is 92.6 Å². The van der Waals surface area contributed by atoms with Gasteiger partial charge in [0.05, 0.1) is 12.7 Å². The third kappa shape index (κ3) is 5.47. The van der Waals surface area contributed by atoms with E-state index in [-0.39, 0.29) is 6.10 Å². The van der Waals surface area contributed by atoms with Crippen molar-refractivity contribution in [1.82, 2.24) is 10.2 Å². The fourth-order valence-corrected chi connectivity index (χ4v) is 1.72. The molecule has 90 valence electrons. The zero-order valence-corrected chi connectivity index (χ0v) is 9.91. The molecule has 0 amide bonds. The van der Waals surface area contributed by atoms with Crippen LogP contribution < -0.4 is 5.32 Å². The molecule has 0 aliphatic heterocycles. The van der Waals surface area contributed by atoms with Crippen molar-refractivity contribution in [1.29, 1.82) is 0 Å². The van der Waals surface area contributed by atoms with Gasteiger partial charge in [-0.1, -0.05) is 6.92 Å². The molecule has 0 radical (unpaired) electrons. The van der Waals surface area contributed by atoms with Crippen molar-refractivity contribution in [3.63, 3.8) is 0 Å². The number of hydrogen-bond donors (Lipinski definition) is 2. The molecule has 1 aliphatic carbocycles. The summed E-state index contributed by atoms with van der Waals surface area (Å²) >= 11 is 0. The van der Waals surface area contributed by atoms with Gasteiger partial charge < -0.3 is 15.2 Å². The summed E-state index contributed by atoms with van der Waals surface area (Å²) in [5, 5.41) is 12.9. The van der Waals surface area contributed by atoms with Crippen molar-refractivity contribution in [2.45, 2.75) is 31.9 Å². The van der Waals surface area contributed by atoms with Crippen LogP contribution in [0, 0.1) is 0 Å². The van der Waals surface area contributed by atoms with Crippen molar-refractivity contribution < 1.29 is 9.84 Å². The number of hydrogen-bond acceptors (Lipinski definition) is 4. The van der Waals surface area contributed by atoms with Crippen LogP contribution in [0.2, 0.25) is 0 Å². The Morgan fingerprint density at radius 3 is 2.80 bits per heavy atom. The predicted octanol–water partition coefficient (Wildman–Crippen LogP) is 0.0676. The standard InChI is InChI=1S/C11H24N2O2/c1-3-12-8-11(14)9-13(6-7-15-2)10-4-5-10/h10-12,14H,3-9H2,1-2H3. The maximum absolute atomic E-state index is 9.78. The summed E-state index contributed by atoms with van der Waals surface area (Å²) < 4.78 is 5.07. The van der Waals surface area contributed by atoms with Gasteiger partial charge in [0.15, 0.2) is 0 Å². The van der Waals surface area contributed by atoms with Crippen molar-refractivity contribution in [3.8, 4) is 0 Å². The largest absolute Gasteiger partial charge is 0.390 e. The second kappa shape index (κ2) is 7.17. The lowest BCUT2D eigenvalue weighted by atomic mass is 10.3. The fourth-order valence-electron chi connectivity index (χ4n) is 1.72. The molecule has 1 aliphatic rings. The maximum Gasteiger partial charge on any atom is 0.0791 e. The molecule has 0 aromatic heterocycles. The Morgan fingerprint density at radius 2 is 2.27 bits per heavy atom. The SMILES string of the molecule is CCNCC(O)CN(CCOC)C1CC1. The van der Waals surface area contributed by atoms with Crippen LogP contribution >= 0.6 is 0 Å². The van der Waals surface area contributed by atoms with Gasteiger partial charge in [0.25, 0.3) is 0 Å². The van der Waals surface area contributed by atoms with E-state index < -0.39 is 0 Å². The van der Waals surface area contributed by atoms with Crippen LogP contribution in [0.15, 0.2) is 0 Å². The van der Waals surface area contributed by atoms with Crippen molar-refractivity contribution in [3.05, 3.63) is 0 Å². The molecule has 1 unspecified atom stereocenters. The van der Waals surface area contributed by atoms with Gasteiger partial charge >= 0.3 is 0 Å². The number of methoxy groups -OCH3 is 1. The summed E-state index contributed by atoms with van der Waals surface area (Å²) in [6.45, 7) is 6.11. The number of ether oxygens (including phenoxy) is 1. The topological polar surface area (TPSA) is 44.7 Å². The van der Waals surface area contributed by atoms with Gasteiger partial charge in [0.2, 0.25) is 0 Å². The minimum absolute atomic E-state index is 0.262. The molecule has 0 spiro atoms. The van der Waals surface area contributed by atoms with Gasteiger partial charge in [-0.05, 0) is 19.4 Å². The van der Waals surface area contributed by atoms with Crippen LogP contribution in [-0.4, -0.2) is 62.0 Å². The number of aliphatic hydroxyl groups excluding tert-OH is 1. The van der Waals surface area contributed by atoms with Gasteiger partial charge in [-0.25, -0.2) is 0 Å². The molecule has 2 N–H and O–H groups in total. The third-order valence-electron chi connectivity index (χ3n) is 2.72. The molecule has 0 bridgehead atoms. The Morgan fingerprint density at radius 1 is 1.53 bits per heavy atom. The monoisotopic (exact) mass is 216 g/mol. The van der Waals surface area contributed by atoms with E-state index in [2.05, 4.69) is 17.1 Å². The average Bonchev–Trinajstić information content (AvgIpc) is 3.04. The molecule has 4 nitrogen and oxygen atoms in total. The van der Waals surface area contributed by atoms with Gasteiger partial charge in [-0.15, -0.1) is 0 Å². The van der Waals surface area contributed by atoms with E-state index in [0.29, 0.717) is 12.6 Å². The van der Waals surface area contributed by atoms with Gasteiger partial charge in [0, 0.05) is 32.8 Å². The van der Waals surface area contributed by atoms with Crippen molar-refractivity contribution in [2.24, 2.45) is 0 Å². The van der Waals surface area contributed by atoms with Crippen molar-refractivity contribution >= 4 is 0 Å².